The Morgan fingerprint density at radius 3 is 2.67 bits per heavy atom. The van der Waals surface area contributed by atoms with E-state index in [4.69, 9.17) is 16.7 Å². The van der Waals surface area contributed by atoms with E-state index in [9.17, 15) is 13.6 Å². The molecule has 0 amide bonds. The van der Waals surface area contributed by atoms with Crippen LogP contribution in [0, 0.1) is 6.92 Å². The normalized spacial score (nSPS) is 10.7. The van der Waals surface area contributed by atoms with Crippen LogP contribution in [0.15, 0.2) is 6.07 Å². The quantitative estimate of drug-likeness (QED) is 0.820. The molecule has 0 unspecified atom stereocenters. The van der Waals surface area contributed by atoms with Crippen LogP contribution in [0.2, 0.25) is 0 Å². The minimum atomic E-state index is -2.85. The summed E-state index contributed by atoms with van der Waals surface area (Å²) < 4.78 is 25.1. The standard InChI is InChI=1S/C9H8ClF2NO2/c1-4-7(8(11)12)6(9(14)15)2-5(3-10)13-4/h2,8H,3H2,1H3,(H,14,15). The maximum Gasteiger partial charge on any atom is 0.336 e. The first-order valence-corrected chi connectivity index (χ1v) is 4.58. The number of rotatable bonds is 3. The lowest BCUT2D eigenvalue weighted by molar-refractivity contribution is 0.0683. The van der Waals surface area contributed by atoms with Crippen LogP contribution in [-0.4, -0.2) is 16.1 Å². The van der Waals surface area contributed by atoms with Crippen molar-refractivity contribution in [2.45, 2.75) is 19.2 Å². The summed E-state index contributed by atoms with van der Waals surface area (Å²) in [6, 6.07) is 1.07. The summed E-state index contributed by atoms with van der Waals surface area (Å²) in [5, 5.41) is 8.75. The number of pyridine rings is 1. The van der Waals surface area contributed by atoms with Crippen molar-refractivity contribution in [1.29, 1.82) is 0 Å². The van der Waals surface area contributed by atoms with Crippen LogP contribution < -0.4 is 0 Å². The van der Waals surface area contributed by atoms with Crippen molar-refractivity contribution >= 4 is 17.6 Å². The molecule has 15 heavy (non-hydrogen) atoms. The van der Waals surface area contributed by atoms with E-state index < -0.39 is 23.5 Å². The van der Waals surface area contributed by atoms with Crippen molar-refractivity contribution in [3.05, 3.63) is 28.6 Å². The number of aromatic nitrogens is 1. The highest BCUT2D eigenvalue weighted by molar-refractivity contribution is 6.17. The first-order chi connectivity index (χ1) is 6.97. The first kappa shape index (κ1) is 11.8. The number of aryl methyl sites for hydroxylation is 1. The van der Waals surface area contributed by atoms with Gasteiger partial charge in [0.15, 0.2) is 0 Å². The van der Waals surface area contributed by atoms with Gasteiger partial charge in [0.05, 0.1) is 22.7 Å². The summed E-state index contributed by atoms with van der Waals surface area (Å²) in [6.45, 7) is 1.34. The topological polar surface area (TPSA) is 50.2 Å². The Labute approximate surface area is 89.7 Å². The SMILES string of the molecule is Cc1nc(CCl)cc(C(=O)O)c1C(F)F. The zero-order valence-electron chi connectivity index (χ0n) is 7.80. The Morgan fingerprint density at radius 2 is 2.27 bits per heavy atom. The molecule has 1 N–H and O–H groups in total. The highest BCUT2D eigenvalue weighted by Gasteiger charge is 2.22. The lowest BCUT2D eigenvalue weighted by atomic mass is 10.1. The minimum Gasteiger partial charge on any atom is -0.478 e. The third-order valence-corrected chi connectivity index (χ3v) is 2.16. The predicted octanol–water partition coefficient (Wildman–Crippen LogP) is 2.76. The average Bonchev–Trinajstić information content (AvgIpc) is 2.15. The van der Waals surface area contributed by atoms with Gasteiger partial charge >= 0.3 is 5.97 Å². The molecule has 0 spiro atoms. The van der Waals surface area contributed by atoms with Crippen LogP contribution >= 0.6 is 11.6 Å². The molecule has 0 atom stereocenters. The molecule has 0 aliphatic heterocycles. The second kappa shape index (κ2) is 4.53. The fraction of sp³-hybridized carbons (Fsp3) is 0.333. The zero-order chi connectivity index (χ0) is 11.6. The number of hydrogen-bond acceptors (Lipinski definition) is 2. The number of nitrogens with zero attached hydrogens (tertiary/aromatic N) is 1. The van der Waals surface area contributed by atoms with Gasteiger partial charge in [-0.25, -0.2) is 13.6 Å². The second-order valence-corrected chi connectivity index (χ2v) is 3.17. The van der Waals surface area contributed by atoms with Crippen LogP contribution in [0.4, 0.5) is 8.78 Å². The molecule has 1 heterocycles. The molecule has 0 aliphatic rings. The fourth-order valence-electron chi connectivity index (χ4n) is 1.27. The van der Waals surface area contributed by atoms with Crippen LogP contribution in [0.5, 0.6) is 0 Å². The average molecular weight is 236 g/mol. The van der Waals surface area contributed by atoms with Gasteiger partial charge in [0.2, 0.25) is 0 Å². The van der Waals surface area contributed by atoms with Crippen LogP contribution in [0.25, 0.3) is 0 Å². The fourth-order valence-corrected chi connectivity index (χ4v) is 1.40. The third kappa shape index (κ3) is 2.41. The number of halogens is 3. The summed E-state index contributed by atoms with van der Waals surface area (Å²) in [5.41, 5.74) is -0.707. The molecule has 0 radical (unpaired) electrons. The molecule has 1 rings (SSSR count). The van der Waals surface area contributed by atoms with Gasteiger partial charge in [-0.15, -0.1) is 11.6 Å². The smallest absolute Gasteiger partial charge is 0.336 e. The van der Waals surface area contributed by atoms with Crippen molar-refractivity contribution in [3.63, 3.8) is 0 Å². The van der Waals surface area contributed by atoms with Gasteiger partial charge in [0.25, 0.3) is 6.43 Å². The summed E-state index contributed by atoms with van der Waals surface area (Å²) in [4.78, 5) is 14.5. The van der Waals surface area contributed by atoms with E-state index >= 15 is 0 Å². The molecule has 0 saturated heterocycles. The maximum absolute atomic E-state index is 12.5. The van der Waals surface area contributed by atoms with E-state index in [2.05, 4.69) is 4.98 Å². The van der Waals surface area contributed by atoms with Crippen molar-refractivity contribution in [2.75, 3.05) is 0 Å². The van der Waals surface area contributed by atoms with Gasteiger partial charge in [-0.3, -0.25) is 4.98 Å². The van der Waals surface area contributed by atoms with Crippen molar-refractivity contribution in [1.82, 2.24) is 4.98 Å². The van der Waals surface area contributed by atoms with E-state index in [1.165, 1.54) is 6.92 Å². The summed E-state index contributed by atoms with van der Waals surface area (Å²) in [7, 11) is 0. The van der Waals surface area contributed by atoms with Crippen molar-refractivity contribution in [2.24, 2.45) is 0 Å². The van der Waals surface area contributed by atoms with Crippen molar-refractivity contribution < 1.29 is 18.7 Å². The number of carbonyl (C=O) groups is 1. The minimum absolute atomic E-state index is 0.000509. The van der Waals surface area contributed by atoms with Crippen molar-refractivity contribution in [3.8, 4) is 0 Å². The number of carboxylic acids is 1. The van der Waals surface area contributed by atoms with Crippen LogP contribution in [0.1, 0.15) is 33.7 Å². The molecule has 1 aromatic rings. The summed E-state index contributed by atoms with van der Waals surface area (Å²) in [5.74, 6) is -1.41. The van der Waals surface area contributed by atoms with Gasteiger partial charge in [0.1, 0.15) is 0 Å². The number of aromatic carboxylic acids is 1. The van der Waals surface area contributed by atoms with Gasteiger partial charge in [-0.05, 0) is 13.0 Å². The van der Waals surface area contributed by atoms with Gasteiger partial charge in [-0.1, -0.05) is 0 Å². The van der Waals surface area contributed by atoms with Gasteiger partial charge in [0, 0.05) is 5.69 Å². The molecule has 0 aliphatic carbocycles. The Morgan fingerprint density at radius 1 is 1.67 bits per heavy atom. The molecule has 1 aromatic heterocycles. The van der Waals surface area contributed by atoms with E-state index in [0.29, 0.717) is 0 Å². The predicted molar refractivity (Wildman–Crippen MR) is 50.4 cm³/mol. The largest absolute Gasteiger partial charge is 0.478 e. The molecular formula is C9H8ClF2NO2. The molecule has 0 bridgehead atoms. The maximum atomic E-state index is 12.5. The lowest BCUT2D eigenvalue weighted by Crippen LogP contribution is -2.08. The highest BCUT2D eigenvalue weighted by Crippen LogP contribution is 2.26. The molecule has 82 valence electrons. The first-order valence-electron chi connectivity index (χ1n) is 4.05. The van der Waals surface area contributed by atoms with E-state index in [1.54, 1.807) is 0 Å². The molecule has 0 aromatic carbocycles. The Hall–Kier alpha value is -1.23. The van der Waals surface area contributed by atoms with Gasteiger partial charge < -0.3 is 5.11 Å². The highest BCUT2D eigenvalue weighted by atomic mass is 35.5. The second-order valence-electron chi connectivity index (χ2n) is 2.90. The van der Waals surface area contributed by atoms with Crippen LogP contribution in [0.3, 0.4) is 0 Å². The summed E-state index contributed by atoms with van der Waals surface area (Å²) >= 11 is 5.46. The lowest BCUT2D eigenvalue weighted by Gasteiger charge is -2.09. The number of carboxylic acid groups (broad SMARTS) is 1. The molecular weight excluding hydrogens is 228 g/mol. The van der Waals surface area contributed by atoms with E-state index in [-0.39, 0.29) is 17.3 Å². The Kier molecular flexibility index (Phi) is 3.57. The third-order valence-electron chi connectivity index (χ3n) is 1.89. The molecule has 6 heteroatoms. The molecule has 0 fully saturated rings. The van der Waals surface area contributed by atoms with Gasteiger partial charge in [-0.2, -0.15) is 0 Å². The van der Waals surface area contributed by atoms with Crippen LogP contribution in [-0.2, 0) is 5.88 Å². The molecule has 0 saturated carbocycles. The zero-order valence-corrected chi connectivity index (χ0v) is 8.55. The number of hydrogen-bond donors (Lipinski definition) is 1. The Bertz CT molecular complexity index is 396. The monoisotopic (exact) mass is 235 g/mol. The molecule has 3 nitrogen and oxygen atoms in total. The van der Waals surface area contributed by atoms with E-state index in [0.717, 1.165) is 6.07 Å². The number of alkyl halides is 3. The van der Waals surface area contributed by atoms with E-state index in [1.807, 2.05) is 0 Å². The summed E-state index contributed by atoms with van der Waals surface area (Å²) in [6.07, 6.45) is -2.85. The Balaban J connectivity index is 3.42.